The van der Waals surface area contributed by atoms with Crippen LogP contribution >= 0.6 is 0 Å². The molecule has 0 N–H and O–H groups in total. The second-order valence-corrected chi connectivity index (χ2v) is 4.38. The lowest BCUT2D eigenvalue weighted by Crippen LogP contribution is -2.00. The second-order valence-electron chi connectivity index (χ2n) is 4.38. The van der Waals surface area contributed by atoms with Gasteiger partial charge in [0.05, 0.1) is 19.2 Å². The quantitative estimate of drug-likeness (QED) is 0.719. The smallest absolute Gasteiger partial charge is 0.124 e. The molecule has 3 aromatic rings. The van der Waals surface area contributed by atoms with E-state index in [0.29, 0.717) is 6.54 Å². The van der Waals surface area contributed by atoms with Gasteiger partial charge in [-0.2, -0.15) is 5.10 Å². The number of ether oxygens (including phenoxy) is 1. The first-order valence-electron chi connectivity index (χ1n) is 6.00. The Kier molecular flexibility index (Phi) is 2.91. The van der Waals surface area contributed by atoms with Gasteiger partial charge in [0.2, 0.25) is 0 Å². The Hall–Kier alpha value is -2.36. The van der Waals surface area contributed by atoms with Crippen molar-refractivity contribution in [2.75, 3.05) is 7.11 Å². The summed E-state index contributed by atoms with van der Waals surface area (Å²) in [5.41, 5.74) is 1.89. The molecule has 0 saturated heterocycles. The van der Waals surface area contributed by atoms with E-state index in [9.17, 15) is 4.39 Å². The van der Waals surface area contributed by atoms with Crippen molar-refractivity contribution >= 4 is 10.9 Å². The largest absolute Gasteiger partial charge is 0.497 e. The molecule has 0 aliphatic heterocycles. The number of benzene rings is 2. The average Bonchev–Trinajstić information content (AvgIpc) is 2.80. The van der Waals surface area contributed by atoms with Crippen LogP contribution in [0.4, 0.5) is 4.39 Å². The van der Waals surface area contributed by atoms with Crippen LogP contribution in [0.2, 0.25) is 0 Å². The van der Waals surface area contributed by atoms with Crippen molar-refractivity contribution in [1.82, 2.24) is 9.78 Å². The molecule has 1 heterocycles. The minimum atomic E-state index is -0.242. The van der Waals surface area contributed by atoms with Crippen LogP contribution in [0.15, 0.2) is 48.7 Å². The molecule has 0 aliphatic rings. The van der Waals surface area contributed by atoms with Crippen LogP contribution in [-0.4, -0.2) is 16.9 Å². The van der Waals surface area contributed by atoms with Gasteiger partial charge in [0.25, 0.3) is 0 Å². The number of rotatable bonds is 3. The molecule has 1 aromatic heterocycles. The zero-order valence-corrected chi connectivity index (χ0v) is 10.5. The third kappa shape index (κ3) is 2.42. The van der Waals surface area contributed by atoms with Crippen molar-refractivity contribution in [3.8, 4) is 5.75 Å². The number of hydrogen-bond donors (Lipinski definition) is 0. The number of methoxy groups -OCH3 is 1. The molecule has 0 unspecified atom stereocenters. The zero-order chi connectivity index (χ0) is 13.2. The predicted molar refractivity (Wildman–Crippen MR) is 71.8 cm³/mol. The molecule has 4 heteroatoms. The first-order chi connectivity index (χ1) is 9.24. The third-order valence-corrected chi connectivity index (χ3v) is 2.99. The van der Waals surface area contributed by atoms with E-state index in [0.717, 1.165) is 22.2 Å². The Balaban J connectivity index is 1.92. The molecule has 0 amide bonds. The van der Waals surface area contributed by atoms with Crippen LogP contribution in [0.5, 0.6) is 5.75 Å². The maximum atomic E-state index is 13.1. The summed E-state index contributed by atoms with van der Waals surface area (Å²) >= 11 is 0. The first-order valence-corrected chi connectivity index (χ1v) is 6.00. The molecule has 3 rings (SSSR count). The van der Waals surface area contributed by atoms with Crippen molar-refractivity contribution in [2.24, 2.45) is 0 Å². The van der Waals surface area contributed by atoms with Crippen molar-refractivity contribution < 1.29 is 9.13 Å². The van der Waals surface area contributed by atoms with Crippen LogP contribution in [0, 0.1) is 5.82 Å². The molecule has 0 saturated carbocycles. The van der Waals surface area contributed by atoms with Crippen molar-refractivity contribution in [3.63, 3.8) is 0 Å². The Morgan fingerprint density at radius 2 is 2.11 bits per heavy atom. The van der Waals surface area contributed by atoms with Gasteiger partial charge in [-0.3, -0.25) is 4.68 Å². The van der Waals surface area contributed by atoms with Gasteiger partial charge in [0.1, 0.15) is 11.6 Å². The van der Waals surface area contributed by atoms with E-state index >= 15 is 0 Å². The SMILES string of the molecule is COc1cccc(Cn2cc3cc(F)ccc3n2)c1. The van der Waals surface area contributed by atoms with E-state index in [2.05, 4.69) is 5.10 Å². The summed E-state index contributed by atoms with van der Waals surface area (Å²) in [6.45, 7) is 0.632. The molecule has 96 valence electrons. The minimum Gasteiger partial charge on any atom is -0.497 e. The van der Waals surface area contributed by atoms with Gasteiger partial charge in [-0.05, 0) is 35.9 Å². The Labute approximate surface area is 110 Å². The molecule has 3 nitrogen and oxygen atoms in total. The fourth-order valence-electron chi connectivity index (χ4n) is 2.09. The van der Waals surface area contributed by atoms with Gasteiger partial charge < -0.3 is 4.74 Å². The average molecular weight is 256 g/mol. The third-order valence-electron chi connectivity index (χ3n) is 2.99. The summed E-state index contributed by atoms with van der Waals surface area (Å²) in [6.07, 6.45) is 1.85. The number of hydrogen-bond acceptors (Lipinski definition) is 2. The lowest BCUT2D eigenvalue weighted by atomic mass is 10.2. The number of aromatic nitrogens is 2. The fraction of sp³-hybridized carbons (Fsp3) is 0.133. The molecular weight excluding hydrogens is 243 g/mol. The van der Waals surface area contributed by atoms with Gasteiger partial charge >= 0.3 is 0 Å². The number of fused-ring (bicyclic) bond motifs is 1. The summed E-state index contributed by atoms with van der Waals surface area (Å²) in [5, 5.41) is 5.22. The zero-order valence-electron chi connectivity index (χ0n) is 10.5. The lowest BCUT2D eigenvalue weighted by molar-refractivity contribution is 0.414. The molecule has 0 aliphatic carbocycles. The standard InChI is InChI=1S/C15H13FN2O/c1-19-14-4-2-3-11(7-14)9-18-10-12-8-13(16)5-6-15(12)17-18/h2-8,10H,9H2,1H3. The van der Waals surface area contributed by atoms with Crippen molar-refractivity contribution in [1.29, 1.82) is 0 Å². The molecular formula is C15H13FN2O. The predicted octanol–water partition coefficient (Wildman–Crippen LogP) is 3.23. The summed E-state index contributed by atoms with van der Waals surface area (Å²) in [6, 6.07) is 12.4. The number of nitrogens with zero attached hydrogens (tertiary/aromatic N) is 2. The van der Waals surface area contributed by atoms with E-state index in [4.69, 9.17) is 4.74 Å². The molecule has 0 radical (unpaired) electrons. The molecule has 2 aromatic carbocycles. The summed E-state index contributed by atoms with van der Waals surface area (Å²) in [5.74, 6) is 0.577. The van der Waals surface area contributed by atoms with Crippen LogP contribution in [0.3, 0.4) is 0 Å². The summed E-state index contributed by atoms with van der Waals surface area (Å²) < 4.78 is 20.1. The van der Waals surface area contributed by atoms with Gasteiger partial charge in [-0.15, -0.1) is 0 Å². The monoisotopic (exact) mass is 256 g/mol. The summed E-state index contributed by atoms with van der Waals surface area (Å²) in [4.78, 5) is 0. The van der Waals surface area contributed by atoms with E-state index in [1.165, 1.54) is 12.1 Å². The fourth-order valence-corrected chi connectivity index (χ4v) is 2.09. The number of halogens is 1. The van der Waals surface area contributed by atoms with Gasteiger partial charge in [0, 0.05) is 11.6 Å². The van der Waals surface area contributed by atoms with Gasteiger partial charge in [-0.25, -0.2) is 4.39 Å². The highest BCUT2D eigenvalue weighted by atomic mass is 19.1. The molecule has 0 fully saturated rings. The maximum Gasteiger partial charge on any atom is 0.124 e. The first kappa shape index (κ1) is 11.7. The van der Waals surface area contributed by atoms with Gasteiger partial charge in [-0.1, -0.05) is 12.1 Å². The van der Waals surface area contributed by atoms with E-state index in [1.807, 2.05) is 30.5 Å². The van der Waals surface area contributed by atoms with E-state index in [-0.39, 0.29) is 5.82 Å². The van der Waals surface area contributed by atoms with Gasteiger partial charge in [0.15, 0.2) is 0 Å². The Morgan fingerprint density at radius 3 is 2.95 bits per heavy atom. The molecule has 0 atom stereocenters. The highest BCUT2D eigenvalue weighted by molar-refractivity contribution is 5.77. The van der Waals surface area contributed by atoms with Crippen LogP contribution in [0.1, 0.15) is 5.56 Å². The molecule has 0 bridgehead atoms. The van der Waals surface area contributed by atoms with Crippen molar-refractivity contribution in [2.45, 2.75) is 6.54 Å². The topological polar surface area (TPSA) is 27.1 Å². The highest BCUT2D eigenvalue weighted by Crippen LogP contribution is 2.17. The summed E-state index contributed by atoms with van der Waals surface area (Å²) in [7, 11) is 1.64. The van der Waals surface area contributed by atoms with Crippen LogP contribution < -0.4 is 4.74 Å². The maximum absolute atomic E-state index is 13.1. The second kappa shape index (κ2) is 4.72. The minimum absolute atomic E-state index is 0.242. The van der Waals surface area contributed by atoms with Crippen LogP contribution in [-0.2, 0) is 6.54 Å². The van der Waals surface area contributed by atoms with E-state index < -0.39 is 0 Å². The molecule has 0 spiro atoms. The molecule has 19 heavy (non-hydrogen) atoms. The van der Waals surface area contributed by atoms with E-state index in [1.54, 1.807) is 17.9 Å². The Bertz CT molecular complexity index is 721. The van der Waals surface area contributed by atoms with Crippen molar-refractivity contribution in [3.05, 3.63) is 60.0 Å². The highest BCUT2D eigenvalue weighted by Gasteiger charge is 2.03. The Morgan fingerprint density at radius 1 is 1.21 bits per heavy atom. The normalized spacial score (nSPS) is 10.8. The van der Waals surface area contributed by atoms with Crippen LogP contribution in [0.25, 0.3) is 10.9 Å². The lowest BCUT2D eigenvalue weighted by Gasteiger charge is -2.04.